The summed E-state index contributed by atoms with van der Waals surface area (Å²) in [6.45, 7) is 2.35. The van der Waals surface area contributed by atoms with Crippen molar-refractivity contribution in [3.8, 4) is 11.3 Å². The monoisotopic (exact) mass is 319 g/mol. The van der Waals surface area contributed by atoms with E-state index in [2.05, 4.69) is 9.97 Å². The Morgan fingerprint density at radius 3 is 2.86 bits per heavy atom. The second-order valence-electron chi connectivity index (χ2n) is 6.15. The van der Waals surface area contributed by atoms with Gasteiger partial charge in [-0.25, -0.2) is 4.98 Å². The van der Waals surface area contributed by atoms with Gasteiger partial charge in [0.2, 0.25) is 0 Å². The molecule has 0 radical (unpaired) electrons. The maximum atomic E-state index is 12.5. The van der Waals surface area contributed by atoms with E-state index >= 15 is 0 Å². The lowest BCUT2D eigenvalue weighted by Crippen LogP contribution is -2.42. The van der Waals surface area contributed by atoms with Gasteiger partial charge >= 0.3 is 0 Å². The molecule has 2 aromatic rings. The Labute approximate surface area is 134 Å². The first-order chi connectivity index (χ1) is 10.5. The van der Waals surface area contributed by atoms with Crippen LogP contribution in [-0.2, 0) is 0 Å². The zero-order chi connectivity index (χ0) is 15.7. The molecule has 1 saturated carbocycles. The van der Waals surface area contributed by atoms with Gasteiger partial charge in [-0.2, -0.15) is 0 Å². The molecular weight excluding hydrogens is 298 g/mol. The Bertz CT molecular complexity index is 670. The second kappa shape index (κ2) is 5.85. The summed E-state index contributed by atoms with van der Waals surface area (Å²) in [4.78, 5) is 21.5. The topological polar surface area (TPSA) is 69.2 Å². The van der Waals surface area contributed by atoms with E-state index in [4.69, 9.17) is 0 Å². The van der Waals surface area contributed by atoms with Crippen LogP contribution in [0.15, 0.2) is 17.6 Å². The molecule has 6 heteroatoms. The summed E-state index contributed by atoms with van der Waals surface area (Å²) >= 11 is 1.59. The van der Waals surface area contributed by atoms with Crippen molar-refractivity contribution in [1.29, 1.82) is 0 Å². The van der Waals surface area contributed by atoms with Gasteiger partial charge in [-0.1, -0.05) is 12.8 Å². The molecule has 0 saturated heterocycles. The highest BCUT2D eigenvalue weighted by molar-refractivity contribution is 7.09. The van der Waals surface area contributed by atoms with Crippen molar-refractivity contribution in [3.05, 3.63) is 28.3 Å². The van der Waals surface area contributed by atoms with Gasteiger partial charge in [0.25, 0.3) is 5.91 Å². The number of aryl methyl sites for hydroxylation is 1. The van der Waals surface area contributed by atoms with E-state index in [0.29, 0.717) is 12.2 Å². The highest BCUT2D eigenvalue weighted by atomic mass is 32.1. The largest absolute Gasteiger partial charge is 0.388 e. The number of amides is 1. The quantitative estimate of drug-likeness (QED) is 0.910. The van der Waals surface area contributed by atoms with Crippen LogP contribution in [-0.4, -0.2) is 45.1 Å². The van der Waals surface area contributed by atoms with Crippen LogP contribution in [0.5, 0.6) is 0 Å². The molecule has 2 N–H and O–H groups in total. The van der Waals surface area contributed by atoms with Crippen LogP contribution in [0.1, 0.15) is 41.2 Å². The van der Waals surface area contributed by atoms with E-state index in [-0.39, 0.29) is 5.91 Å². The summed E-state index contributed by atoms with van der Waals surface area (Å²) < 4.78 is 0. The van der Waals surface area contributed by atoms with E-state index in [1.165, 1.54) is 0 Å². The number of aromatic nitrogens is 2. The van der Waals surface area contributed by atoms with Gasteiger partial charge in [0.15, 0.2) is 0 Å². The minimum Gasteiger partial charge on any atom is -0.388 e. The molecule has 0 atom stereocenters. The number of nitrogens with zero attached hydrogens (tertiary/aromatic N) is 2. The number of hydrogen-bond donors (Lipinski definition) is 2. The Morgan fingerprint density at radius 1 is 1.50 bits per heavy atom. The Hall–Kier alpha value is -1.66. The summed E-state index contributed by atoms with van der Waals surface area (Å²) in [5, 5.41) is 13.4. The van der Waals surface area contributed by atoms with Crippen molar-refractivity contribution in [2.75, 3.05) is 13.6 Å². The lowest BCUT2D eigenvalue weighted by molar-refractivity contribution is 0.0155. The van der Waals surface area contributed by atoms with E-state index in [0.717, 1.165) is 41.9 Å². The Kier molecular flexibility index (Phi) is 4.06. The van der Waals surface area contributed by atoms with Gasteiger partial charge in [-0.05, 0) is 25.8 Å². The lowest BCUT2D eigenvalue weighted by atomic mass is 10.0. The number of H-pyrrole nitrogens is 1. The minimum absolute atomic E-state index is 0.0986. The predicted octanol–water partition coefficient (Wildman–Crippen LogP) is 2.82. The van der Waals surface area contributed by atoms with E-state index in [1.807, 2.05) is 18.4 Å². The number of aromatic amines is 1. The van der Waals surface area contributed by atoms with Crippen molar-refractivity contribution < 1.29 is 9.90 Å². The zero-order valence-corrected chi connectivity index (χ0v) is 13.7. The van der Waals surface area contributed by atoms with Crippen molar-refractivity contribution in [2.24, 2.45) is 0 Å². The molecule has 118 valence electrons. The van der Waals surface area contributed by atoms with Gasteiger partial charge in [0.05, 0.1) is 16.3 Å². The minimum atomic E-state index is -0.716. The molecular formula is C16H21N3O2S. The number of rotatable bonds is 4. The number of likely N-dealkylation sites (N-methyl/N-ethyl adjacent to an activating group) is 1. The van der Waals surface area contributed by atoms with E-state index in [1.54, 1.807) is 29.5 Å². The molecule has 0 bridgehead atoms. The predicted molar refractivity (Wildman–Crippen MR) is 87.0 cm³/mol. The average molecular weight is 319 g/mol. The first-order valence-electron chi connectivity index (χ1n) is 7.56. The van der Waals surface area contributed by atoms with Crippen molar-refractivity contribution in [3.63, 3.8) is 0 Å². The van der Waals surface area contributed by atoms with Crippen LogP contribution in [0.4, 0.5) is 0 Å². The molecule has 2 aromatic heterocycles. The van der Waals surface area contributed by atoms with Crippen LogP contribution in [0, 0.1) is 6.92 Å². The van der Waals surface area contributed by atoms with Crippen LogP contribution in [0.2, 0.25) is 0 Å². The Morgan fingerprint density at radius 2 is 2.23 bits per heavy atom. The molecule has 1 aliphatic rings. The summed E-state index contributed by atoms with van der Waals surface area (Å²) in [6, 6.07) is 1.83. The number of thiazole rings is 1. The number of carbonyl (C=O) groups is 1. The Balaban J connectivity index is 1.71. The molecule has 0 aromatic carbocycles. The fraction of sp³-hybridized carbons (Fsp3) is 0.500. The molecule has 3 rings (SSSR count). The molecule has 0 unspecified atom stereocenters. The highest BCUT2D eigenvalue weighted by Gasteiger charge is 2.33. The van der Waals surface area contributed by atoms with Gasteiger partial charge in [0, 0.05) is 30.7 Å². The molecule has 5 nitrogen and oxygen atoms in total. The fourth-order valence-corrected chi connectivity index (χ4v) is 3.69. The number of carbonyl (C=O) groups excluding carboxylic acids is 1. The third-order valence-electron chi connectivity index (χ3n) is 4.24. The molecule has 1 fully saturated rings. The summed E-state index contributed by atoms with van der Waals surface area (Å²) in [5.74, 6) is -0.0986. The zero-order valence-electron chi connectivity index (χ0n) is 12.9. The van der Waals surface area contributed by atoms with Crippen LogP contribution >= 0.6 is 11.3 Å². The third-order valence-corrected chi connectivity index (χ3v) is 5.01. The number of nitrogens with one attached hydrogen (secondary N) is 1. The third kappa shape index (κ3) is 3.08. The molecule has 1 amide bonds. The van der Waals surface area contributed by atoms with E-state index in [9.17, 15) is 9.90 Å². The molecule has 0 aliphatic heterocycles. The average Bonchev–Trinajstić information content (AvgIpc) is 3.18. The standard InChI is InChI=1S/C16H21N3O2S/c1-11-18-14(9-22-11)12-7-13(17-8-12)15(20)19(2)10-16(21)5-3-4-6-16/h7-9,17,21H,3-6,10H2,1-2H3. The highest BCUT2D eigenvalue weighted by Crippen LogP contribution is 2.30. The number of aliphatic hydroxyl groups is 1. The van der Waals surface area contributed by atoms with Crippen molar-refractivity contribution >= 4 is 17.2 Å². The van der Waals surface area contributed by atoms with Crippen molar-refractivity contribution in [2.45, 2.75) is 38.2 Å². The van der Waals surface area contributed by atoms with Gasteiger partial charge in [-0.3, -0.25) is 4.79 Å². The van der Waals surface area contributed by atoms with Gasteiger partial charge in [0.1, 0.15) is 5.69 Å². The summed E-state index contributed by atoms with van der Waals surface area (Å²) in [5.41, 5.74) is 1.62. The smallest absolute Gasteiger partial charge is 0.270 e. The van der Waals surface area contributed by atoms with Crippen LogP contribution in [0.25, 0.3) is 11.3 Å². The summed E-state index contributed by atoms with van der Waals surface area (Å²) in [6.07, 6.45) is 5.43. The first kappa shape index (κ1) is 15.2. The maximum Gasteiger partial charge on any atom is 0.270 e. The molecule has 1 aliphatic carbocycles. The van der Waals surface area contributed by atoms with Crippen LogP contribution in [0.3, 0.4) is 0 Å². The molecule has 0 spiro atoms. The SMILES string of the molecule is Cc1nc(-c2c[nH]c(C(=O)N(C)CC3(O)CCCC3)c2)cs1. The fourth-order valence-electron chi connectivity index (χ4n) is 3.07. The number of hydrogen-bond acceptors (Lipinski definition) is 4. The van der Waals surface area contributed by atoms with Gasteiger partial charge < -0.3 is 15.0 Å². The second-order valence-corrected chi connectivity index (χ2v) is 7.21. The van der Waals surface area contributed by atoms with Crippen molar-refractivity contribution in [1.82, 2.24) is 14.9 Å². The lowest BCUT2D eigenvalue weighted by Gasteiger charge is -2.28. The van der Waals surface area contributed by atoms with Crippen LogP contribution < -0.4 is 0 Å². The van der Waals surface area contributed by atoms with E-state index < -0.39 is 5.60 Å². The summed E-state index contributed by atoms with van der Waals surface area (Å²) in [7, 11) is 1.74. The maximum absolute atomic E-state index is 12.5. The molecule has 22 heavy (non-hydrogen) atoms. The normalized spacial score (nSPS) is 16.9. The molecule has 2 heterocycles. The van der Waals surface area contributed by atoms with Gasteiger partial charge in [-0.15, -0.1) is 11.3 Å². The first-order valence-corrected chi connectivity index (χ1v) is 8.44.